The molecule has 1 aliphatic rings. The lowest BCUT2D eigenvalue weighted by molar-refractivity contribution is 0.419. The molecule has 0 aromatic carbocycles. The van der Waals surface area contributed by atoms with E-state index in [0.29, 0.717) is 11.7 Å². The second kappa shape index (κ2) is 3.58. The van der Waals surface area contributed by atoms with Gasteiger partial charge >= 0.3 is 0 Å². The van der Waals surface area contributed by atoms with Crippen molar-refractivity contribution in [3.05, 3.63) is 21.7 Å². The van der Waals surface area contributed by atoms with Crippen LogP contribution in [0.5, 0.6) is 0 Å². The van der Waals surface area contributed by atoms with Crippen molar-refractivity contribution in [2.24, 2.45) is 0 Å². The topological polar surface area (TPSA) is 29.0 Å². The SMILES string of the molecule is Clc1nc(Cl)c2c(n1)CN(Cl)CC2. The maximum Gasteiger partial charge on any atom is 0.224 e. The van der Waals surface area contributed by atoms with Gasteiger partial charge < -0.3 is 0 Å². The molecule has 0 atom stereocenters. The molecule has 2 heterocycles. The Labute approximate surface area is 90.7 Å². The summed E-state index contributed by atoms with van der Waals surface area (Å²) in [6.07, 6.45) is 0.773. The van der Waals surface area contributed by atoms with Crippen molar-refractivity contribution in [1.29, 1.82) is 0 Å². The Morgan fingerprint density at radius 2 is 2.00 bits per heavy atom. The minimum atomic E-state index is 0.177. The highest BCUT2D eigenvalue weighted by atomic mass is 35.5. The Balaban J connectivity index is 2.47. The summed E-state index contributed by atoms with van der Waals surface area (Å²) in [4.78, 5) is 7.94. The minimum absolute atomic E-state index is 0.177. The molecular weight excluding hydrogens is 232 g/mol. The number of hydrogen-bond acceptors (Lipinski definition) is 3. The van der Waals surface area contributed by atoms with E-state index in [-0.39, 0.29) is 5.28 Å². The monoisotopic (exact) mass is 237 g/mol. The molecule has 70 valence electrons. The van der Waals surface area contributed by atoms with E-state index in [1.54, 1.807) is 4.42 Å². The van der Waals surface area contributed by atoms with Crippen molar-refractivity contribution in [3.63, 3.8) is 0 Å². The predicted molar refractivity (Wildman–Crippen MR) is 52.0 cm³/mol. The van der Waals surface area contributed by atoms with E-state index in [0.717, 1.165) is 24.2 Å². The number of rotatable bonds is 0. The van der Waals surface area contributed by atoms with Gasteiger partial charge in [-0.05, 0) is 29.8 Å². The van der Waals surface area contributed by atoms with Gasteiger partial charge in [0.2, 0.25) is 5.28 Å². The molecule has 13 heavy (non-hydrogen) atoms. The molecule has 6 heteroatoms. The molecule has 0 saturated carbocycles. The predicted octanol–water partition coefficient (Wildman–Crippen LogP) is 2.30. The first kappa shape index (κ1) is 9.46. The highest BCUT2D eigenvalue weighted by Gasteiger charge is 2.19. The van der Waals surface area contributed by atoms with Crippen LogP contribution < -0.4 is 0 Å². The molecule has 0 unspecified atom stereocenters. The van der Waals surface area contributed by atoms with E-state index < -0.39 is 0 Å². The summed E-state index contributed by atoms with van der Waals surface area (Å²) in [6.45, 7) is 1.33. The summed E-state index contributed by atoms with van der Waals surface area (Å²) in [6, 6.07) is 0. The fourth-order valence-corrected chi connectivity index (χ4v) is 2.04. The van der Waals surface area contributed by atoms with Crippen LogP contribution in [0.3, 0.4) is 0 Å². The lowest BCUT2D eigenvalue weighted by atomic mass is 10.1. The van der Waals surface area contributed by atoms with Crippen LogP contribution >= 0.6 is 35.0 Å². The van der Waals surface area contributed by atoms with Gasteiger partial charge in [-0.3, -0.25) is 0 Å². The van der Waals surface area contributed by atoms with Gasteiger partial charge in [0.1, 0.15) is 5.15 Å². The molecule has 2 rings (SSSR count). The fourth-order valence-electron chi connectivity index (χ4n) is 1.32. The van der Waals surface area contributed by atoms with Gasteiger partial charge in [0, 0.05) is 12.1 Å². The maximum atomic E-state index is 5.90. The first-order valence-electron chi connectivity index (χ1n) is 3.78. The standard InChI is InChI=1S/C7H6Cl3N3/c8-6-4-1-2-13(10)3-5(4)11-7(9)12-6/h1-3H2. The van der Waals surface area contributed by atoms with E-state index >= 15 is 0 Å². The molecular formula is C7H6Cl3N3. The third-order valence-corrected chi connectivity index (χ3v) is 2.71. The zero-order valence-corrected chi connectivity index (χ0v) is 8.86. The molecule has 0 fully saturated rings. The first-order chi connectivity index (χ1) is 6.16. The molecule has 1 aromatic heterocycles. The Kier molecular flexibility index (Phi) is 2.60. The highest BCUT2D eigenvalue weighted by Crippen LogP contribution is 2.25. The quantitative estimate of drug-likeness (QED) is 0.394. The molecule has 1 aromatic rings. The summed E-state index contributed by atoms with van der Waals surface area (Å²) in [5.41, 5.74) is 1.79. The first-order valence-corrected chi connectivity index (χ1v) is 4.87. The summed E-state index contributed by atoms with van der Waals surface area (Å²) in [5, 5.41) is 0.621. The molecule has 0 N–H and O–H groups in total. The summed E-state index contributed by atoms with van der Waals surface area (Å²) in [7, 11) is 0. The van der Waals surface area contributed by atoms with E-state index in [4.69, 9.17) is 35.0 Å². The number of hydrogen-bond donors (Lipinski definition) is 0. The maximum absolute atomic E-state index is 5.90. The number of halogens is 3. The molecule has 0 aliphatic carbocycles. The zero-order chi connectivity index (χ0) is 9.42. The Bertz CT molecular complexity index is 342. The van der Waals surface area contributed by atoms with E-state index in [9.17, 15) is 0 Å². The van der Waals surface area contributed by atoms with E-state index in [1.165, 1.54) is 0 Å². The summed E-state index contributed by atoms with van der Waals surface area (Å²) >= 11 is 17.4. The third kappa shape index (κ3) is 1.89. The van der Waals surface area contributed by atoms with Gasteiger partial charge in [0.05, 0.1) is 12.2 Å². The molecule has 0 amide bonds. The van der Waals surface area contributed by atoms with Gasteiger partial charge in [-0.1, -0.05) is 11.6 Å². The lowest BCUT2D eigenvalue weighted by Gasteiger charge is -2.21. The Morgan fingerprint density at radius 1 is 1.23 bits per heavy atom. The van der Waals surface area contributed by atoms with Crippen LogP contribution in [0.1, 0.15) is 11.3 Å². The van der Waals surface area contributed by atoms with Gasteiger partial charge in [0.25, 0.3) is 0 Å². The molecule has 0 spiro atoms. The van der Waals surface area contributed by atoms with E-state index in [1.807, 2.05) is 0 Å². The lowest BCUT2D eigenvalue weighted by Crippen LogP contribution is -2.24. The fraction of sp³-hybridized carbons (Fsp3) is 0.429. The normalized spacial score (nSPS) is 17.2. The van der Waals surface area contributed by atoms with Crippen molar-refractivity contribution < 1.29 is 0 Å². The van der Waals surface area contributed by atoms with Crippen LogP contribution in [0.25, 0.3) is 0 Å². The molecule has 1 aliphatic heterocycles. The summed E-state index contributed by atoms with van der Waals surface area (Å²) in [5.74, 6) is 0. The Morgan fingerprint density at radius 3 is 2.77 bits per heavy atom. The van der Waals surface area contributed by atoms with Crippen molar-refractivity contribution >= 4 is 35.0 Å². The van der Waals surface area contributed by atoms with Crippen molar-refractivity contribution in [2.75, 3.05) is 6.54 Å². The average molecular weight is 239 g/mol. The number of fused-ring (bicyclic) bond motifs is 1. The minimum Gasteiger partial charge on any atom is -0.221 e. The largest absolute Gasteiger partial charge is 0.224 e. The van der Waals surface area contributed by atoms with E-state index in [2.05, 4.69) is 9.97 Å². The van der Waals surface area contributed by atoms with Crippen LogP contribution in [0.15, 0.2) is 0 Å². The highest BCUT2D eigenvalue weighted by molar-refractivity contribution is 6.32. The number of nitrogens with zero attached hydrogens (tertiary/aromatic N) is 3. The van der Waals surface area contributed by atoms with Crippen molar-refractivity contribution in [3.8, 4) is 0 Å². The summed E-state index contributed by atoms with van der Waals surface area (Å²) < 4.78 is 1.65. The van der Waals surface area contributed by atoms with Crippen LogP contribution in [0.4, 0.5) is 0 Å². The van der Waals surface area contributed by atoms with Crippen molar-refractivity contribution in [2.45, 2.75) is 13.0 Å². The van der Waals surface area contributed by atoms with Crippen LogP contribution in [-0.2, 0) is 13.0 Å². The zero-order valence-electron chi connectivity index (χ0n) is 6.60. The smallest absolute Gasteiger partial charge is 0.221 e. The molecule has 0 saturated heterocycles. The van der Waals surface area contributed by atoms with Gasteiger partial charge in [-0.15, -0.1) is 0 Å². The van der Waals surface area contributed by atoms with Crippen LogP contribution in [-0.4, -0.2) is 20.9 Å². The van der Waals surface area contributed by atoms with Gasteiger partial charge in [0.15, 0.2) is 0 Å². The van der Waals surface area contributed by atoms with Crippen molar-refractivity contribution in [1.82, 2.24) is 14.4 Å². The molecule has 0 bridgehead atoms. The molecule has 3 nitrogen and oxygen atoms in total. The number of aromatic nitrogens is 2. The second-order valence-corrected chi connectivity index (χ2v) is 3.98. The van der Waals surface area contributed by atoms with Gasteiger partial charge in [-0.25, -0.2) is 14.4 Å². The second-order valence-electron chi connectivity index (χ2n) is 2.80. The van der Waals surface area contributed by atoms with Crippen LogP contribution in [0, 0.1) is 0 Å². The average Bonchev–Trinajstić information content (AvgIpc) is 2.02. The molecule has 0 radical (unpaired) electrons. The van der Waals surface area contributed by atoms with Crippen LogP contribution in [0.2, 0.25) is 10.4 Å². The third-order valence-electron chi connectivity index (χ3n) is 1.94. The Hall–Kier alpha value is -0.0900. The van der Waals surface area contributed by atoms with Gasteiger partial charge in [-0.2, -0.15) is 0 Å².